The SMILES string of the molecule is CN(C)C1CCN(C(N)=NCc2cc(CCc3ccc(-c4ccccc4)c(F)c3)on2)CC1. The maximum atomic E-state index is 14.6. The Labute approximate surface area is 194 Å². The zero-order chi connectivity index (χ0) is 23.2. The first-order valence-corrected chi connectivity index (χ1v) is 11.5. The van der Waals surface area contributed by atoms with Crippen molar-refractivity contribution in [3.8, 4) is 11.1 Å². The summed E-state index contributed by atoms with van der Waals surface area (Å²) in [6.07, 6.45) is 3.50. The summed E-state index contributed by atoms with van der Waals surface area (Å²) in [4.78, 5) is 8.91. The lowest BCUT2D eigenvalue weighted by atomic mass is 10.0. The largest absolute Gasteiger partial charge is 0.370 e. The Kier molecular flexibility index (Phi) is 7.40. The monoisotopic (exact) mass is 449 g/mol. The van der Waals surface area contributed by atoms with E-state index in [0.717, 1.165) is 48.5 Å². The lowest BCUT2D eigenvalue weighted by Crippen LogP contribution is -2.47. The number of halogens is 1. The Morgan fingerprint density at radius 1 is 1.12 bits per heavy atom. The molecule has 2 N–H and O–H groups in total. The van der Waals surface area contributed by atoms with Crippen LogP contribution >= 0.6 is 0 Å². The molecule has 174 valence electrons. The van der Waals surface area contributed by atoms with E-state index in [0.29, 0.717) is 37.0 Å². The fourth-order valence-electron chi connectivity index (χ4n) is 4.25. The summed E-state index contributed by atoms with van der Waals surface area (Å²) in [6, 6.07) is 17.5. The molecule has 2 heterocycles. The van der Waals surface area contributed by atoms with Gasteiger partial charge in [-0.05, 0) is 50.6 Å². The summed E-state index contributed by atoms with van der Waals surface area (Å²) in [6.45, 7) is 2.23. The fourth-order valence-corrected chi connectivity index (χ4v) is 4.25. The first-order chi connectivity index (χ1) is 16.0. The molecule has 1 aliphatic rings. The number of aryl methyl sites for hydroxylation is 2. The molecule has 0 radical (unpaired) electrons. The summed E-state index contributed by atoms with van der Waals surface area (Å²) >= 11 is 0. The van der Waals surface area contributed by atoms with E-state index in [-0.39, 0.29) is 5.82 Å². The van der Waals surface area contributed by atoms with Crippen LogP contribution in [0.5, 0.6) is 0 Å². The summed E-state index contributed by atoms with van der Waals surface area (Å²) in [5, 5.41) is 4.12. The Bertz CT molecular complexity index is 1070. The third-order valence-electron chi connectivity index (χ3n) is 6.31. The predicted molar refractivity (Wildman–Crippen MR) is 129 cm³/mol. The van der Waals surface area contributed by atoms with Crippen molar-refractivity contribution in [3.05, 3.63) is 77.4 Å². The Morgan fingerprint density at radius 2 is 1.88 bits per heavy atom. The van der Waals surface area contributed by atoms with Crippen LogP contribution in [0.2, 0.25) is 0 Å². The highest BCUT2D eigenvalue weighted by molar-refractivity contribution is 5.78. The van der Waals surface area contributed by atoms with Gasteiger partial charge in [0.25, 0.3) is 0 Å². The van der Waals surface area contributed by atoms with Gasteiger partial charge in [0.2, 0.25) is 0 Å². The van der Waals surface area contributed by atoms with E-state index < -0.39 is 0 Å². The topological polar surface area (TPSA) is 70.9 Å². The number of hydrogen-bond acceptors (Lipinski definition) is 4. The van der Waals surface area contributed by atoms with Gasteiger partial charge in [-0.2, -0.15) is 0 Å². The van der Waals surface area contributed by atoms with Gasteiger partial charge in [-0.3, -0.25) is 0 Å². The van der Waals surface area contributed by atoms with Crippen molar-refractivity contribution in [2.45, 2.75) is 38.3 Å². The minimum Gasteiger partial charge on any atom is -0.370 e. The van der Waals surface area contributed by atoms with Gasteiger partial charge in [0.15, 0.2) is 5.96 Å². The molecule has 1 fully saturated rings. The normalized spacial score (nSPS) is 15.4. The summed E-state index contributed by atoms with van der Waals surface area (Å²) in [7, 11) is 4.24. The van der Waals surface area contributed by atoms with Crippen LogP contribution in [0.25, 0.3) is 11.1 Å². The van der Waals surface area contributed by atoms with E-state index in [1.54, 1.807) is 6.07 Å². The van der Waals surface area contributed by atoms with Crippen LogP contribution in [0, 0.1) is 5.82 Å². The predicted octanol–water partition coefficient (Wildman–Crippen LogP) is 4.11. The Hall–Kier alpha value is -3.19. The highest BCUT2D eigenvalue weighted by Gasteiger charge is 2.21. The maximum absolute atomic E-state index is 14.6. The number of aromatic nitrogens is 1. The van der Waals surface area contributed by atoms with E-state index >= 15 is 0 Å². The minimum atomic E-state index is -0.212. The second-order valence-corrected chi connectivity index (χ2v) is 8.82. The first kappa shape index (κ1) is 23.0. The molecule has 3 aromatic rings. The van der Waals surface area contributed by atoms with Crippen molar-refractivity contribution in [1.82, 2.24) is 15.0 Å². The molecule has 0 aliphatic carbocycles. The van der Waals surface area contributed by atoms with Crippen LogP contribution in [0.3, 0.4) is 0 Å². The molecule has 0 amide bonds. The van der Waals surface area contributed by atoms with Crippen LogP contribution < -0.4 is 5.73 Å². The number of rotatable bonds is 7. The summed E-state index contributed by atoms with van der Waals surface area (Å²) in [5.41, 5.74) is 9.36. The van der Waals surface area contributed by atoms with Crippen molar-refractivity contribution in [2.75, 3.05) is 27.2 Å². The second-order valence-electron chi connectivity index (χ2n) is 8.82. The molecule has 1 aliphatic heterocycles. The van der Waals surface area contributed by atoms with E-state index in [4.69, 9.17) is 10.3 Å². The Balaban J connectivity index is 1.29. The number of likely N-dealkylation sites (tertiary alicyclic amines) is 1. The molecule has 0 atom stereocenters. The molecule has 6 nitrogen and oxygen atoms in total. The molecule has 7 heteroatoms. The average molecular weight is 450 g/mol. The fraction of sp³-hybridized carbons (Fsp3) is 0.385. The zero-order valence-electron chi connectivity index (χ0n) is 19.4. The number of hydrogen-bond donors (Lipinski definition) is 1. The second kappa shape index (κ2) is 10.6. The number of nitrogens with zero attached hydrogens (tertiary/aromatic N) is 4. The van der Waals surface area contributed by atoms with E-state index in [1.165, 1.54) is 0 Å². The molecular formula is C26H32FN5O. The molecular weight excluding hydrogens is 417 g/mol. The third-order valence-corrected chi connectivity index (χ3v) is 6.31. The quantitative estimate of drug-likeness (QED) is 0.434. The first-order valence-electron chi connectivity index (χ1n) is 11.5. The smallest absolute Gasteiger partial charge is 0.191 e. The molecule has 2 aromatic carbocycles. The van der Waals surface area contributed by atoms with Crippen LogP contribution in [-0.2, 0) is 19.4 Å². The van der Waals surface area contributed by atoms with Gasteiger partial charge in [0, 0.05) is 37.2 Å². The number of benzene rings is 2. The molecule has 1 aromatic heterocycles. The third kappa shape index (κ3) is 5.99. The highest BCUT2D eigenvalue weighted by Crippen LogP contribution is 2.24. The van der Waals surface area contributed by atoms with Crippen molar-refractivity contribution in [1.29, 1.82) is 0 Å². The maximum Gasteiger partial charge on any atom is 0.191 e. The number of nitrogens with two attached hydrogens (primary N) is 1. The van der Waals surface area contributed by atoms with Gasteiger partial charge in [-0.1, -0.05) is 47.6 Å². The van der Waals surface area contributed by atoms with Crippen LogP contribution in [-0.4, -0.2) is 54.1 Å². The molecule has 0 spiro atoms. The van der Waals surface area contributed by atoms with Gasteiger partial charge in [0.05, 0.1) is 6.54 Å². The lowest BCUT2D eigenvalue weighted by molar-refractivity contribution is 0.190. The summed E-state index contributed by atoms with van der Waals surface area (Å²) < 4.78 is 20.0. The number of aliphatic imine (C=N–C) groups is 1. The van der Waals surface area contributed by atoms with Gasteiger partial charge in [-0.15, -0.1) is 0 Å². The van der Waals surface area contributed by atoms with E-state index in [2.05, 4.69) is 34.0 Å². The lowest BCUT2D eigenvalue weighted by Gasteiger charge is -2.35. The number of piperidine rings is 1. The standard InChI is InChI=1S/C26H32FN5O/c1-31(2)22-12-14-32(15-13-22)26(28)29-18-21-17-23(33-30-21)10-8-19-9-11-24(25(27)16-19)20-6-4-3-5-7-20/h3-7,9,11,16-17,22H,8,10,12-15,18H2,1-2H3,(H2,28,29). The summed E-state index contributed by atoms with van der Waals surface area (Å²) in [5.74, 6) is 1.11. The molecule has 0 unspecified atom stereocenters. The van der Waals surface area contributed by atoms with Crippen LogP contribution in [0.1, 0.15) is 29.9 Å². The zero-order valence-corrected chi connectivity index (χ0v) is 19.4. The van der Waals surface area contributed by atoms with Crippen LogP contribution in [0.15, 0.2) is 64.1 Å². The Morgan fingerprint density at radius 3 is 2.58 bits per heavy atom. The van der Waals surface area contributed by atoms with Crippen molar-refractivity contribution < 1.29 is 8.91 Å². The molecule has 4 rings (SSSR count). The highest BCUT2D eigenvalue weighted by atomic mass is 19.1. The molecule has 0 bridgehead atoms. The average Bonchev–Trinajstić information content (AvgIpc) is 3.30. The van der Waals surface area contributed by atoms with Crippen molar-refractivity contribution in [3.63, 3.8) is 0 Å². The van der Waals surface area contributed by atoms with E-state index in [9.17, 15) is 4.39 Å². The van der Waals surface area contributed by atoms with Crippen LogP contribution in [0.4, 0.5) is 4.39 Å². The molecule has 33 heavy (non-hydrogen) atoms. The van der Waals surface area contributed by atoms with Gasteiger partial charge in [-0.25, -0.2) is 9.38 Å². The van der Waals surface area contributed by atoms with Crippen molar-refractivity contribution in [2.24, 2.45) is 10.7 Å². The van der Waals surface area contributed by atoms with E-state index in [1.807, 2.05) is 48.5 Å². The van der Waals surface area contributed by atoms with Crippen molar-refractivity contribution >= 4 is 5.96 Å². The van der Waals surface area contributed by atoms with Gasteiger partial charge < -0.3 is 20.1 Å². The number of guanidine groups is 1. The molecule has 0 saturated carbocycles. The van der Waals surface area contributed by atoms with Gasteiger partial charge in [0.1, 0.15) is 17.3 Å². The van der Waals surface area contributed by atoms with Gasteiger partial charge >= 0.3 is 0 Å². The minimum absolute atomic E-state index is 0.212. The molecule has 1 saturated heterocycles.